The van der Waals surface area contributed by atoms with Gasteiger partial charge in [-0.3, -0.25) is 4.79 Å². The van der Waals surface area contributed by atoms with E-state index < -0.39 is 11.9 Å². The fourth-order valence-corrected chi connectivity index (χ4v) is 2.90. The molecule has 1 amide bonds. The van der Waals surface area contributed by atoms with Crippen LogP contribution in [0.25, 0.3) is 0 Å². The van der Waals surface area contributed by atoms with Gasteiger partial charge in [-0.15, -0.1) is 0 Å². The summed E-state index contributed by atoms with van der Waals surface area (Å²) in [6, 6.07) is 1.54. The number of hydrogen-bond donors (Lipinski definition) is 1. The number of nitrogens with two attached hydrogens (primary N) is 1. The first-order chi connectivity index (χ1) is 8.47. The highest BCUT2D eigenvalue weighted by molar-refractivity contribution is 9.10. The third-order valence-electron chi connectivity index (χ3n) is 2.42. The average Bonchev–Trinajstić information content (AvgIpc) is 2.69. The molecule has 1 atom stereocenters. The highest BCUT2D eigenvalue weighted by Gasteiger charge is 2.27. The molecule has 0 bridgehead atoms. The number of hydrogen-bond acceptors (Lipinski definition) is 5. The summed E-state index contributed by atoms with van der Waals surface area (Å²) in [5.41, 5.74) is 5.44. The van der Waals surface area contributed by atoms with Crippen LogP contribution in [0.4, 0.5) is 5.82 Å². The predicted octanol–water partition coefficient (Wildman–Crippen LogP) is 2.14. The van der Waals surface area contributed by atoms with Gasteiger partial charge in [0.1, 0.15) is 12.6 Å². The maximum Gasteiger partial charge on any atom is 0.240 e. The third kappa shape index (κ3) is 3.68. The van der Waals surface area contributed by atoms with Gasteiger partial charge in [0.05, 0.1) is 10.5 Å². The summed E-state index contributed by atoms with van der Waals surface area (Å²) in [7, 11) is 0. The van der Waals surface area contributed by atoms with Crippen molar-refractivity contribution < 1.29 is 4.79 Å². The number of carbonyl (C=O) groups excluding carboxylic acids is 1. The van der Waals surface area contributed by atoms with E-state index in [1.807, 2.05) is 19.2 Å². The zero-order valence-electron chi connectivity index (χ0n) is 10.3. The van der Waals surface area contributed by atoms with Gasteiger partial charge >= 0.3 is 0 Å². The first-order valence-corrected chi connectivity index (χ1v) is 7.13. The molecule has 1 heterocycles. The molecule has 1 aromatic rings. The van der Waals surface area contributed by atoms with Crippen molar-refractivity contribution in [2.45, 2.75) is 26.3 Å². The second kappa shape index (κ2) is 6.71. The summed E-state index contributed by atoms with van der Waals surface area (Å²) in [5.74, 6) is 0.478. The largest absolute Gasteiger partial charge is 0.368 e. The number of nitrogens with zero attached hydrogens (tertiary/aromatic N) is 3. The Kier molecular flexibility index (Phi) is 5.56. The van der Waals surface area contributed by atoms with Crippen LogP contribution in [0.1, 0.15) is 20.3 Å². The molecule has 2 N–H and O–H groups in total. The molecule has 7 heteroatoms. The number of aromatic nitrogens is 1. The first kappa shape index (κ1) is 14.9. The molecular weight excluding hydrogens is 316 g/mol. The molecule has 98 valence electrons. The van der Waals surface area contributed by atoms with Crippen molar-refractivity contribution in [3.8, 4) is 6.07 Å². The van der Waals surface area contributed by atoms with Gasteiger partial charge in [-0.2, -0.15) is 9.64 Å². The fraction of sp³-hybridized carbons (Fsp3) is 0.545. The van der Waals surface area contributed by atoms with Crippen LogP contribution in [-0.4, -0.2) is 22.9 Å². The smallest absolute Gasteiger partial charge is 0.240 e. The maximum absolute atomic E-state index is 11.6. The molecule has 18 heavy (non-hydrogen) atoms. The van der Waals surface area contributed by atoms with E-state index in [2.05, 4.69) is 26.4 Å². The topological polar surface area (TPSA) is 83.0 Å². The molecule has 0 fully saturated rings. The maximum atomic E-state index is 11.6. The van der Waals surface area contributed by atoms with E-state index in [1.165, 1.54) is 11.5 Å². The minimum Gasteiger partial charge on any atom is -0.368 e. The normalized spacial score (nSPS) is 12.2. The molecule has 0 aromatic carbocycles. The molecule has 0 spiro atoms. The SMILES string of the molecule is CC(C)C[C@@H](C(N)=O)N(CC#N)c1nscc1Br. The van der Waals surface area contributed by atoms with Crippen molar-refractivity contribution in [3.05, 3.63) is 9.85 Å². The summed E-state index contributed by atoms with van der Waals surface area (Å²) in [6.07, 6.45) is 0.598. The number of halogens is 1. The number of nitriles is 1. The summed E-state index contributed by atoms with van der Waals surface area (Å²) in [5, 5.41) is 10.7. The predicted molar refractivity (Wildman–Crippen MR) is 75.2 cm³/mol. The molecule has 0 saturated heterocycles. The number of carbonyl (C=O) groups is 1. The fourth-order valence-electron chi connectivity index (χ4n) is 1.66. The highest BCUT2D eigenvalue weighted by atomic mass is 79.9. The van der Waals surface area contributed by atoms with Crippen LogP contribution >= 0.6 is 27.5 Å². The molecule has 1 rings (SSSR count). The minimum absolute atomic E-state index is 0.0860. The van der Waals surface area contributed by atoms with E-state index in [0.29, 0.717) is 18.2 Å². The van der Waals surface area contributed by atoms with E-state index in [-0.39, 0.29) is 6.54 Å². The lowest BCUT2D eigenvalue weighted by atomic mass is 10.0. The Morgan fingerprint density at radius 2 is 2.39 bits per heavy atom. The summed E-state index contributed by atoms with van der Waals surface area (Å²) < 4.78 is 4.98. The standard InChI is InChI=1S/C11H15BrN4OS/c1-7(2)5-9(10(14)17)16(4-3-13)11-8(12)6-18-15-11/h6-7,9H,4-5H2,1-2H3,(H2,14,17)/t9-/m0/s1. The van der Waals surface area contributed by atoms with Crippen molar-refractivity contribution >= 4 is 39.2 Å². The Morgan fingerprint density at radius 3 is 2.78 bits per heavy atom. The number of amides is 1. The zero-order valence-corrected chi connectivity index (χ0v) is 12.7. The van der Waals surface area contributed by atoms with Crippen LogP contribution in [0.3, 0.4) is 0 Å². The van der Waals surface area contributed by atoms with E-state index in [0.717, 1.165) is 4.47 Å². The van der Waals surface area contributed by atoms with Gasteiger partial charge in [-0.1, -0.05) is 13.8 Å². The molecule has 5 nitrogen and oxygen atoms in total. The second-order valence-electron chi connectivity index (χ2n) is 4.32. The van der Waals surface area contributed by atoms with Gasteiger partial charge in [-0.05, 0) is 39.8 Å². The molecular formula is C11H15BrN4OS. The second-order valence-corrected chi connectivity index (χ2v) is 5.80. The highest BCUT2D eigenvalue weighted by Crippen LogP contribution is 2.29. The lowest BCUT2D eigenvalue weighted by Crippen LogP contribution is -2.46. The molecule has 0 aliphatic rings. The molecule has 0 radical (unpaired) electrons. The zero-order chi connectivity index (χ0) is 13.7. The lowest BCUT2D eigenvalue weighted by molar-refractivity contribution is -0.119. The van der Waals surface area contributed by atoms with E-state index in [4.69, 9.17) is 11.0 Å². The van der Waals surface area contributed by atoms with Gasteiger partial charge < -0.3 is 10.6 Å². The molecule has 1 aromatic heterocycles. The Hall–Kier alpha value is -1.13. The van der Waals surface area contributed by atoms with Crippen molar-refractivity contribution in [1.82, 2.24) is 4.37 Å². The van der Waals surface area contributed by atoms with Crippen LogP contribution in [0.2, 0.25) is 0 Å². The van der Waals surface area contributed by atoms with Crippen molar-refractivity contribution in [2.24, 2.45) is 11.7 Å². The molecule has 0 aliphatic heterocycles. The number of rotatable bonds is 6. The Morgan fingerprint density at radius 1 is 1.72 bits per heavy atom. The van der Waals surface area contributed by atoms with Crippen molar-refractivity contribution in [2.75, 3.05) is 11.4 Å². The summed E-state index contributed by atoms with van der Waals surface area (Å²) >= 11 is 4.63. The van der Waals surface area contributed by atoms with Crippen LogP contribution in [0.15, 0.2) is 9.85 Å². The monoisotopic (exact) mass is 330 g/mol. The van der Waals surface area contributed by atoms with Crippen LogP contribution in [0.5, 0.6) is 0 Å². The Labute approximate surface area is 119 Å². The van der Waals surface area contributed by atoms with Gasteiger partial charge in [0.2, 0.25) is 5.91 Å². The minimum atomic E-state index is -0.511. The molecule has 0 unspecified atom stereocenters. The van der Waals surface area contributed by atoms with E-state index in [9.17, 15) is 4.79 Å². The van der Waals surface area contributed by atoms with Gasteiger partial charge in [-0.25, -0.2) is 0 Å². The quantitative estimate of drug-likeness (QED) is 0.810. The van der Waals surface area contributed by atoms with Gasteiger partial charge in [0.15, 0.2) is 5.82 Å². The first-order valence-electron chi connectivity index (χ1n) is 5.50. The average molecular weight is 331 g/mol. The van der Waals surface area contributed by atoms with Crippen LogP contribution in [0, 0.1) is 17.2 Å². The summed E-state index contributed by atoms with van der Waals surface area (Å²) in [6.45, 7) is 4.11. The van der Waals surface area contributed by atoms with Crippen LogP contribution in [-0.2, 0) is 4.79 Å². The Balaban J connectivity index is 3.05. The third-order valence-corrected chi connectivity index (χ3v) is 3.93. The van der Waals surface area contributed by atoms with E-state index in [1.54, 1.807) is 4.90 Å². The lowest BCUT2D eigenvalue weighted by Gasteiger charge is -2.29. The summed E-state index contributed by atoms with van der Waals surface area (Å²) in [4.78, 5) is 13.2. The van der Waals surface area contributed by atoms with Crippen molar-refractivity contribution in [3.63, 3.8) is 0 Å². The van der Waals surface area contributed by atoms with Gasteiger partial charge in [0.25, 0.3) is 0 Å². The number of primary amides is 1. The molecule has 0 saturated carbocycles. The Bertz CT molecular complexity index is 454. The molecule has 0 aliphatic carbocycles. The number of anilines is 1. The van der Waals surface area contributed by atoms with Crippen molar-refractivity contribution in [1.29, 1.82) is 5.26 Å². The van der Waals surface area contributed by atoms with Gasteiger partial charge in [0, 0.05) is 5.38 Å². The van der Waals surface area contributed by atoms with Crippen LogP contribution < -0.4 is 10.6 Å². The van der Waals surface area contributed by atoms with E-state index >= 15 is 0 Å².